The minimum absolute atomic E-state index is 0.0201. The van der Waals surface area contributed by atoms with Crippen molar-refractivity contribution in [2.45, 2.75) is 18.8 Å². The molecule has 0 bridgehead atoms. The Morgan fingerprint density at radius 1 is 1.22 bits per heavy atom. The van der Waals surface area contributed by atoms with Gasteiger partial charge in [-0.15, -0.1) is 10.2 Å². The molecule has 1 N–H and O–H groups in total. The van der Waals surface area contributed by atoms with Crippen molar-refractivity contribution in [1.29, 1.82) is 0 Å². The Labute approximate surface area is 166 Å². The number of halogens is 1. The molecule has 1 aliphatic heterocycles. The topological polar surface area (TPSA) is 71.3 Å². The number of aromatic nitrogens is 2. The minimum atomic E-state index is -0.0201. The van der Waals surface area contributed by atoms with Gasteiger partial charge in [-0.3, -0.25) is 9.69 Å². The molecule has 3 heterocycles. The van der Waals surface area contributed by atoms with Crippen LogP contribution in [-0.2, 0) is 4.79 Å². The monoisotopic (exact) mass is 402 g/mol. The molecular formula is C19H19ClN4O2S. The summed E-state index contributed by atoms with van der Waals surface area (Å²) in [6, 6.07) is 9.10. The molecule has 1 saturated heterocycles. The van der Waals surface area contributed by atoms with Crippen molar-refractivity contribution in [3.05, 3.63) is 52.0 Å². The maximum absolute atomic E-state index is 12.2. The van der Waals surface area contributed by atoms with Crippen molar-refractivity contribution in [3.8, 4) is 11.5 Å². The molecule has 1 aliphatic rings. The van der Waals surface area contributed by atoms with Gasteiger partial charge in [0.1, 0.15) is 0 Å². The number of carbonyl (C=O) groups excluding carboxylic acids is 1. The maximum atomic E-state index is 12.2. The van der Waals surface area contributed by atoms with Crippen LogP contribution in [-0.4, -0.2) is 40.6 Å². The first-order chi connectivity index (χ1) is 13.2. The molecule has 3 aromatic rings. The molecule has 6 nitrogen and oxygen atoms in total. The van der Waals surface area contributed by atoms with E-state index >= 15 is 0 Å². The van der Waals surface area contributed by atoms with E-state index in [0.717, 1.165) is 37.2 Å². The van der Waals surface area contributed by atoms with Crippen molar-refractivity contribution >= 4 is 34.5 Å². The van der Waals surface area contributed by atoms with E-state index in [4.69, 9.17) is 16.0 Å². The van der Waals surface area contributed by atoms with Gasteiger partial charge in [0.15, 0.2) is 0 Å². The van der Waals surface area contributed by atoms with Gasteiger partial charge in [-0.05, 0) is 61.6 Å². The number of nitrogens with one attached hydrogen (secondary N) is 1. The number of benzene rings is 1. The number of nitrogens with zero attached hydrogens (tertiary/aromatic N) is 3. The Morgan fingerprint density at radius 2 is 2.00 bits per heavy atom. The van der Waals surface area contributed by atoms with Gasteiger partial charge in [-0.2, -0.15) is 11.3 Å². The number of rotatable bonds is 5. The lowest BCUT2D eigenvalue weighted by Gasteiger charge is -2.29. The van der Waals surface area contributed by atoms with Crippen molar-refractivity contribution in [2.75, 3.05) is 25.0 Å². The lowest BCUT2D eigenvalue weighted by Crippen LogP contribution is -2.38. The van der Waals surface area contributed by atoms with Crippen LogP contribution >= 0.6 is 22.9 Å². The fourth-order valence-electron chi connectivity index (χ4n) is 3.18. The maximum Gasteiger partial charge on any atom is 0.248 e. The molecule has 0 aliphatic carbocycles. The van der Waals surface area contributed by atoms with E-state index in [0.29, 0.717) is 23.3 Å². The summed E-state index contributed by atoms with van der Waals surface area (Å²) in [6.07, 6.45) is 1.80. The van der Waals surface area contributed by atoms with Gasteiger partial charge in [0.2, 0.25) is 17.7 Å². The number of amides is 1. The van der Waals surface area contributed by atoms with Crippen molar-refractivity contribution in [3.63, 3.8) is 0 Å². The van der Waals surface area contributed by atoms with Crippen LogP contribution in [0.2, 0.25) is 5.02 Å². The number of likely N-dealkylation sites (tertiary alicyclic amines) is 1. The fraction of sp³-hybridized carbons (Fsp3) is 0.316. The van der Waals surface area contributed by atoms with Gasteiger partial charge in [0.05, 0.1) is 6.54 Å². The van der Waals surface area contributed by atoms with E-state index in [1.54, 1.807) is 35.6 Å². The number of hydrogen-bond acceptors (Lipinski definition) is 6. The zero-order valence-corrected chi connectivity index (χ0v) is 16.2. The van der Waals surface area contributed by atoms with E-state index in [1.807, 2.05) is 16.8 Å². The molecule has 0 atom stereocenters. The molecule has 0 saturated carbocycles. The predicted octanol–water partition coefficient (Wildman–Crippen LogP) is 4.27. The summed E-state index contributed by atoms with van der Waals surface area (Å²) in [7, 11) is 0. The van der Waals surface area contributed by atoms with Gasteiger partial charge in [-0.25, -0.2) is 0 Å². The molecule has 1 aromatic carbocycles. The first-order valence-electron chi connectivity index (χ1n) is 8.81. The average molecular weight is 403 g/mol. The standard InChI is InChI=1S/C19H19ClN4O2S/c20-15-1-3-16(4-2-15)21-17(25)11-24-8-5-13(6-9-24)18-22-23-19(26-18)14-7-10-27-12-14/h1-4,7,10,12-13H,5-6,8-9,11H2,(H,21,25). The zero-order valence-electron chi connectivity index (χ0n) is 14.6. The highest BCUT2D eigenvalue weighted by Gasteiger charge is 2.26. The van der Waals surface area contributed by atoms with E-state index in [-0.39, 0.29) is 11.8 Å². The van der Waals surface area contributed by atoms with Crippen LogP contribution in [0, 0.1) is 0 Å². The van der Waals surface area contributed by atoms with Crippen LogP contribution < -0.4 is 5.32 Å². The second kappa shape index (κ2) is 8.21. The van der Waals surface area contributed by atoms with Crippen molar-refractivity contribution in [1.82, 2.24) is 15.1 Å². The Balaban J connectivity index is 1.27. The molecule has 1 amide bonds. The van der Waals surface area contributed by atoms with Gasteiger partial charge < -0.3 is 9.73 Å². The summed E-state index contributed by atoms with van der Waals surface area (Å²) in [5.41, 5.74) is 1.72. The lowest BCUT2D eigenvalue weighted by molar-refractivity contribution is -0.117. The molecule has 1 fully saturated rings. The van der Waals surface area contributed by atoms with E-state index < -0.39 is 0 Å². The molecule has 0 radical (unpaired) electrons. The highest BCUT2D eigenvalue weighted by atomic mass is 35.5. The lowest BCUT2D eigenvalue weighted by atomic mass is 9.97. The van der Waals surface area contributed by atoms with E-state index in [1.165, 1.54) is 0 Å². The SMILES string of the molecule is O=C(CN1CCC(c2nnc(-c3ccsc3)o2)CC1)Nc1ccc(Cl)cc1. The quantitative estimate of drug-likeness (QED) is 0.690. The summed E-state index contributed by atoms with van der Waals surface area (Å²) >= 11 is 7.47. The van der Waals surface area contributed by atoms with Crippen molar-refractivity contribution < 1.29 is 9.21 Å². The molecule has 2 aromatic heterocycles. The summed E-state index contributed by atoms with van der Waals surface area (Å²) in [5, 5.41) is 15.9. The first kappa shape index (κ1) is 18.2. The molecule has 0 spiro atoms. The first-order valence-corrected chi connectivity index (χ1v) is 10.1. The van der Waals surface area contributed by atoms with E-state index in [9.17, 15) is 4.79 Å². The Bertz CT molecular complexity index is 887. The van der Waals surface area contributed by atoms with E-state index in [2.05, 4.69) is 20.4 Å². The second-order valence-electron chi connectivity index (χ2n) is 6.56. The van der Waals surface area contributed by atoms with Crippen LogP contribution in [0.25, 0.3) is 11.5 Å². The molecule has 8 heteroatoms. The molecule has 0 unspecified atom stereocenters. The average Bonchev–Trinajstić information content (AvgIpc) is 3.36. The number of carbonyl (C=O) groups is 1. The summed E-state index contributed by atoms with van der Waals surface area (Å²) < 4.78 is 5.85. The largest absolute Gasteiger partial charge is 0.420 e. The van der Waals surface area contributed by atoms with Crippen LogP contribution in [0.5, 0.6) is 0 Å². The Kier molecular flexibility index (Phi) is 5.52. The molecule has 4 rings (SSSR count). The Morgan fingerprint density at radius 3 is 2.70 bits per heavy atom. The highest BCUT2D eigenvalue weighted by molar-refractivity contribution is 7.08. The third kappa shape index (κ3) is 4.55. The third-order valence-corrected chi connectivity index (χ3v) is 5.58. The van der Waals surface area contributed by atoms with Gasteiger partial charge in [-0.1, -0.05) is 11.6 Å². The minimum Gasteiger partial charge on any atom is -0.420 e. The van der Waals surface area contributed by atoms with Crippen LogP contribution in [0.3, 0.4) is 0 Å². The number of anilines is 1. The number of thiophene rings is 1. The number of piperidine rings is 1. The summed E-state index contributed by atoms with van der Waals surface area (Å²) in [5.74, 6) is 1.51. The van der Waals surface area contributed by atoms with Crippen LogP contribution in [0.4, 0.5) is 5.69 Å². The summed E-state index contributed by atoms with van der Waals surface area (Å²) in [4.78, 5) is 14.4. The third-order valence-electron chi connectivity index (χ3n) is 4.64. The van der Waals surface area contributed by atoms with Gasteiger partial charge in [0.25, 0.3) is 0 Å². The normalized spacial score (nSPS) is 15.7. The molecular weight excluding hydrogens is 384 g/mol. The van der Waals surface area contributed by atoms with Crippen LogP contribution in [0.1, 0.15) is 24.7 Å². The molecule has 140 valence electrons. The van der Waals surface area contributed by atoms with Gasteiger partial charge >= 0.3 is 0 Å². The molecule has 27 heavy (non-hydrogen) atoms. The zero-order chi connectivity index (χ0) is 18.6. The smallest absolute Gasteiger partial charge is 0.248 e. The predicted molar refractivity (Wildman–Crippen MR) is 106 cm³/mol. The fourth-order valence-corrected chi connectivity index (χ4v) is 3.93. The van der Waals surface area contributed by atoms with Gasteiger partial charge in [0, 0.05) is 27.6 Å². The highest BCUT2D eigenvalue weighted by Crippen LogP contribution is 2.29. The summed E-state index contributed by atoms with van der Waals surface area (Å²) in [6.45, 7) is 2.03. The van der Waals surface area contributed by atoms with Crippen LogP contribution in [0.15, 0.2) is 45.5 Å². The Hall–Kier alpha value is -2.22. The second-order valence-corrected chi connectivity index (χ2v) is 7.78. The van der Waals surface area contributed by atoms with Crippen molar-refractivity contribution in [2.24, 2.45) is 0 Å². The number of hydrogen-bond donors (Lipinski definition) is 1.